The average Bonchev–Trinajstić information content (AvgIpc) is 3.08. The predicted molar refractivity (Wildman–Crippen MR) is 64.8 cm³/mol. The number of rotatable bonds is 2. The van der Waals surface area contributed by atoms with Crippen LogP contribution in [0.5, 0.6) is 0 Å². The minimum Gasteiger partial charge on any atom is -0.379 e. The molecule has 1 N–H and O–H groups in total. The van der Waals surface area contributed by atoms with Crippen LogP contribution in [0.3, 0.4) is 0 Å². The van der Waals surface area contributed by atoms with Crippen molar-refractivity contribution in [3.8, 4) is 0 Å². The van der Waals surface area contributed by atoms with Crippen LogP contribution in [0.1, 0.15) is 32.6 Å². The Morgan fingerprint density at radius 3 is 2.72 bits per heavy atom. The maximum absolute atomic E-state index is 12.7. The molecule has 1 aliphatic carbocycles. The first-order chi connectivity index (χ1) is 8.61. The summed E-state index contributed by atoms with van der Waals surface area (Å²) in [5.41, 5.74) is -0.684. The van der Waals surface area contributed by atoms with Crippen LogP contribution in [-0.2, 0) is 14.3 Å². The van der Waals surface area contributed by atoms with Crippen LogP contribution in [0.4, 0.5) is 0 Å². The molecule has 0 bridgehead atoms. The molecule has 3 fully saturated rings. The highest BCUT2D eigenvalue weighted by Gasteiger charge is 2.52. The van der Waals surface area contributed by atoms with Crippen molar-refractivity contribution in [3.05, 3.63) is 0 Å². The van der Waals surface area contributed by atoms with Gasteiger partial charge in [0.15, 0.2) is 0 Å². The molecule has 5 nitrogen and oxygen atoms in total. The van der Waals surface area contributed by atoms with E-state index >= 15 is 0 Å². The average molecular weight is 252 g/mol. The molecule has 2 saturated heterocycles. The van der Waals surface area contributed by atoms with E-state index in [9.17, 15) is 9.59 Å². The van der Waals surface area contributed by atoms with Crippen molar-refractivity contribution in [1.29, 1.82) is 0 Å². The minimum atomic E-state index is -0.684. The highest BCUT2D eigenvalue weighted by Crippen LogP contribution is 2.41. The van der Waals surface area contributed by atoms with E-state index in [-0.39, 0.29) is 17.9 Å². The van der Waals surface area contributed by atoms with Gasteiger partial charge in [0, 0.05) is 19.6 Å². The molecule has 3 aliphatic rings. The maximum atomic E-state index is 12.7. The van der Waals surface area contributed by atoms with Gasteiger partial charge in [-0.2, -0.15) is 0 Å². The number of hydrogen-bond donors (Lipinski definition) is 1. The van der Waals surface area contributed by atoms with Gasteiger partial charge < -0.3 is 15.0 Å². The van der Waals surface area contributed by atoms with Crippen LogP contribution in [0.25, 0.3) is 0 Å². The molecule has 18 heavy (non-hydrogen) atoms. The largest absolute Gasteiger partial charge is 0.379 e. The summed E-state index contributed by atoms with van der Waals surface area (Å²) in [7, 11) is 0. The molecule has 2 heterocycles. The van der Waals surface area contributed by atoms with Crippen molar-refractivity contribution >= 4 is 11.8 Å². The highest BCUT2D eigenvalue weighted by molar-refractivity contribution is 5.94. The van der Waals surface area contributed by atoms with Crippen LogP contribution in [0.2, 0.25) is 0 Å². The van der Waals surface area contributed by atoms with E-state index in [1.54, 1.807) is 0 Å². The van der Waals surface area contributed by atoms with E-state index in [2.05, 4.69) is 5.32 Å². The van der Waals surface area contributed by atoms with Crippen molar-refractivity contribution in [2.24, 2.45) is 5.92 Å². The lowest BCUT2D eigenvalue weighted by Gasteiger charge is -2.35. The number of ether oxygens (including phenoxy) is 1. The molecular formula is C13H20N2O3. The number of amides is 2. The van der Waals surface area contributed by atoms with Gasteiger partial charge in [-0.25, -0.2) is 0 Å². The van der Waals surface area contributed by atoms with E-state index < -0.39 is 5.54 Å². The molecule has 0 aromatic carbocycles. The lowest BCUT2D eigenvalue weighted by Crippen LogP contribution is -2.58. The van der Waals surface area contributed by atoms with Crippen molar-refractivity contribution in [2.75, 3.05) is 19.8 Å². The second-order valence-electron chi connectivity index (χ2n) is 5.79. The van der Waals surface area contributed by atoms with Crippen LogP contribution in [0.15, 0.2) is 0 Å². The van der Waals surface area contributed by atoms with Gasteiger partial charge in [-0.1, -0.05) is 0 Å². The van der Waals surface area contributed by atoms with Gasteiger partial charge in [-0.05, 0) is 32.1 Å². The highest BCUT2D eigenvalue weighted by atomic mass is 16.5. The second kappa shape index (κ2) is 4.23. The van der Waals surface area contributed by atoms with Gasteiger partial charge in [0.2, 0.25) is 11.8 Å². The predicted octanol–water partition coefficient (Wildman–Crippen LogP) is 0.293. The summed E-state index contributed by atoms with van der Waals surface area (Å²) in [6.45, 7) is 3.75. The Morgan fingerprint density at radius 2 is 2.11 bits per heavy atom. The van der Waals surface area contributed by atoms with Gasteiger partial charge in [0.25, 0.3) is 0 Å². The standard InChI is InChI=1S/C13H20N2O3/c1-13(9-2-3-9)12(17)15(6-4-11(16)14-13)10-5-7-18-8-10/h9-10H,2-8H2,1H3,(H,14,16). The quantitative estimate of drug-likeness (QED) is 0.768. The first-order valence-corrected chi connectivity index (χ1v) is 6.81. The summed E-state index contributed by atoms with van der Waals surface area (Å²) >= 11 is 0. The topological polar surface area (TPSA) is 58.6 Å². The van der Waals surface area contributed by atoms with E-state index in [4.69, 9.17) is 4.74 Å². The molecule has 3 rings (SSSR count). The van der Waals surface area contributed by atoms with E-state index in [1.165, 1.54) is 0 Å². The Labute approximate surface area is 107 Å². The fourth-order valence-electron chi connectivity index (χ4n) is 3.08. The van der Waals surface area contributed by atoms with Crippen LogP contribution >= 0.6 is 0 Å². The summed E-state index contributed by atoms with van der Waals surface area (Å²) in [4.78, 5) is 26.4. The Kier molecular flexibility index (Phi) is 2.81. The molecule has 5 heteroatoms. The lowest BCUT2D eigenvalue weighted by molar-refractivity contribution is -0.141. The summed E-state index contributed by atoms with van der Waals surface area (Å²) in [6.07, 6.45) is 3.38. The van der Waals surface area contributed by atoms with Crippen molar-refractivity contribution in [2.45, 2.75) is 44.2 Å². The Morgan fingerprint density at radius 1 is 1.33 bits per heavy atom. The molecule has 2 unspecified atom stereocenters. The summed E-state index contributed by atoms with van der Waals surface area (Å²) in [6, 6.07) is 0.156. The molecule has 2 aliphatic heterocycles. The summed E-state index contributed by atoms with van der Waals surface area (Å²) in [5, 5.41) is 2.95. The van der Waals surface area contributed by atoms with E-state index in [0.717, 1.165) is 25.9 Å². The third-order valence-corrected chi connectivity index (χ3v) is 4.42. The zero-order valence-corrected chi connectivity index (χ0v) is 10.8. The van der Waals surface area contributed by atoms with Gasteiger partial charge in [-0.3, -0.25) is 9.59 Å². The van der Waals surface area contributed by atoms with Crippen LogP contribution in [0, 0.1) is 5.92 Å². The smallest absolute Gasteiger partial charge is 0.248 e. The van der Waals surface area contributed by atoms with Gasteiger partial charge >= 0.3 is 0 Å². The van der Waals surface area contributed by atoms with E-state index in [1.807, 2.05) is 11.8 Å². The number of carbonyl (C=O) groups is 2. The zero-order valence-electron chi connectivity index (χ0n) is 10.8. The molecule has 1 saturated carbocycles. The number of nitrogens with zero attached hydrogens (tertiary/aromatic N) is 1. The van der Waals surface area contributed by atoms with E-state index in [0.29, 0.717) is 25.5 Å². The minimum absolute atomic E-state index is 0.000773. The molecule has 0 aromatic rings. The zero-order chi connectivity index (χ0) is 12.8. The Bertz CT molecular complexity index is 374. The third-order valence-electron chi connectivity index (χ3n) is 4.42. The normalized spacial score (nSPS) is 37.6. The van der Waals surface area contributed by atoms with Crippen molar-refractivity contribution in [1.82, 2.24) is 10.2 Å². The molecular weight excluding hydrogens is 232 g/mol. The second-order valence-corrected chi connectivity index (χ2v) is 5.79. The number of carbonyl (C=O) groups excluding carboxylic acids is 2. The van der Waals surface area contributed by atoms with Crippen molar-refractivity contribution in [3.63, 3.8) is 0 Å². The Balaban J connectivity index is 1.85. The Hall–Kier alpha value is -1.10. The summed E-state index contributed by atoms with van der Waals surface area (Å²) in [5.74, 6) is 0.405. The van der Waals surface area contributed by atoms with Gasteiger partial charge in [0.05, 0.1) is 12.6 Å². The third kappa shape index (κ3) is 1.90. The van der Waals surface area contributed by atoms with Crippen LogP contribution < -0.4 is 5.32 Å². The molecule has 0 aromatic heterocycles. The van der Waals surface area contributed by atoms with Crippen molar-refractivity contribution < 1.29 is 14.3 Å². The fourth-order valence-corrected chi connectivity index (χ4v) is 3.08. The van der Waals surface area contributed by atoms with Gasteiger partial charge in [-0.15, -0.1) is 0 Å². The lowest BCUT2D eigenvalue weighted by atomic mass is 9.93. The molecule has 2 atom stereocenters. The fraction of sp³-hybridized carbons (Fsp3) is 0.846. The number of nitrogens with one attached hydrogen (secondary N) is 1. The SMILES string of the molecule is CC1(C2CC2)NC(=O)CCN(C2CCOC2)C1=O. The maximum Gasteiger partial charge on any atom is 0.248 e. The first kappa shape index (κ1) is 12.0. The monoisotopic (exact) mass is 252 g/mol. The van der Waals surface area contributed by atoms with Gasteiger partial charge in [0.1, 0.15) is 5.54 Å². The molecule has 2 amide bonds. The summed E-state index contributed by atoms with van der Waals surface area (Å²) < 4.78 is 5.37. The van der Waals surface area contributed by atoms with Crippen LogP contribution in [-0.4, -0.2) is 48.1 Å². The first-order valence-electron chi connectivity index (χ1n) is 6.81. The molecule has 100 valence electrons. The molecule has 0 spiro atoms. The molecule has 0 radical (unpaired) electrons. The number of hydrogen-bond acceptors (Lipinski definition) is 3.